The summed E-state index contributed by atoms with van der Waals surface area (Å²) < 4.78 is 29.4. The van der Waals surface area contributed by atoms with Crippen molar-refractivity contribution in [1.82, 2.24) is 0 Å². The normalized spacial score (nSPS) is 37.4. The van der Waals surface area contributed by atoms with Gasteiger partial charge in [-0.15, -0.1) is 0 Å². The Morgan fingerprint density at radius 1 is 1.25 bits per heavy atom. The molecule has 110 valence electrons. The molecule has 1 N–H and O–H groups in total. The van der Waals surface area contributed by atoms with Gasteiger partial charge in [-0.25, -0.2) is 0 Å². The number of fused-ring (bicyclic) bond motifs is 1. The van der Waals surface area contributed by atoms with Crippen molar-refractivity contribution in [2.24, 2.45) is 0 Å². The molecule has 1 unspecified atom stereocenters. The van der Waals surface area contributed by atoms with E-state index < -0.39 is 34.4 Å². The van der Waals surface area contributed by atoms with Crippen molar-refractivity contribution in [2.45, 2.75) is 54.9 Å². The molecule has 0 saturated carbocycles. The highest BCUT2D eigenvalue weighted by molar-refractivity contribution is 7.85. The first-order chi connectivity index (χ1) is 9.46. The second-order valence-corrected chi connectivity index (χ2v) is 6.99. The van der Waals surface area contributed by atoms with Crippen LogP contribution >= 0.6 is 0 Å². The molecule has 0 radical (unpaired) electrons. The van der Waals surface area contributed by atoms with E-state index in [2.05, 4.69) is 0 Å². The molecule has 0 bridgehead atoms. The van der Waals surface area contributed by atoms with Crippen LogP contribution in [0.3, 0.4) is 0 Å². The van der Waals surface area contributed by atoms with Gasteiger partial charge in [-0.2, -0.15) is 0 Å². The van der Waals surface area contributed by atoms with Gasteiger partial charge in [0.15, 0.2) is 17.5 Å². The van der Waals surface area contributed by atoms with Gasteiger partial charge in [-0.05, 0) is 26.0 Å². The Morgan fingerprint density at radius 2 is 1.95 bits per heavy atom. The van der Waals surface area contributed by atoms with Crippen LogP contribution in [0.5, 0.6) is 0 Å². The molecule has 0 amide bonds. The Labute approximate surface area is 120 Å². The zero-order valence-corrected chi connectivity index (χ0v) is 12.2. The van der Waals surface area contributed by atoms with Gasteiger partial charge < -0.3 is 19.3 Å². The van der Waals surface area contributed by atoms with Gasteiger partial charge in [0, 0.05) is 11.3 Å². The van der Waals surface area contributed by atoms with E-state index in [0.717, 1.165) is 0 Å². The number of aliphatic hydroxyl groups is 1. The maximum atomic E-state index is 12.5. The fourth-order valence-electron chi connectivity index (χ4n) is 2.53. The Morgan fingerprint density at radius 3 is 2.65 bits per heavy atom. The summed E-state index contributed by atoms with van der Waals surface area (Å²) in [4.78, 5) is 0.633. The highest BCUT2D eigenvalue weighted by Crippen LogP contribution is 2.37. The van der Waals surface area contributed by atoms with Crippen molar-refractivity contribution in [1.29, 1.82) is 0 Å². The van der Waals surface area contributed by atoms with Crippen LogP contribution in [0, 0.1) is 0 Å². The van der Waals surface area contributed by atoms with Crippen molar-refractivity contribution in [2.75, 3.05) is 0 Å². The SMILES string of the molecule is CC1(C)O[C@@H]2O[C@@H](S(=O)c3ccccc3)[C@@H](O)C[C@@H]2O1. The minimum absolute atomic E-state index is 0.316. The maximum Gasteiger partial charge on any atom is 0.188 e. The minimum atomic E-state index is -1.44. The van der Waals surface area contributed by atoms with Gasteiger partial charge in [0.1, 0.15) is 6.10 Å². The summed E-state index contributed by atoms with van der Waals surface area (Å²) in [5.41, 5.74) is -0.795. The molecule has 2 heterocycles. The zero-order chi connectivity index (χ0) is 14.3. The van der Waals surface area contributed by atoms with Crippen molar-refractivity contribution in [3.63, 3.8) is 0 Å². The van der Waals surface area contributed by atoms with Gasteiger partial charge in [0.25, 0.3) is 0 Å². The first kappa shape index (κ1) is 14.2. The molecule has 0 aliphatic carbocycles. The van der Waals surface area contributed by atoms with E-state index in [9.17, 15) is 9.32 Å². The smallest absolute Gasteiger partial charge is 0.188 e. The van der Waals surface area contributed by atoms with Crippen LogP contribution in [0.25, 0.3) is 0 Å². The lowest BCUT2D eigenvalue weighted by Crippen LogP contribution is -2.47. The van der Waals surface area contributed by atoms with E-state index in [-0.39, 0.29) is 6.10 Å². The standard InChI is InChI=1S/C14H18O5S/c1-14(2)18-11-8-10(15)13(17-12(11)19-14)20(16)9-6-4-3-5-7-9/h3-7,10-13,15H,8H2,1-2H3/t10-,11-,12-,13-,20?/m0/s1. The first-order valence-electron chi connectivity index (χ1n) is 6.61. The largest absolute Gasteiger partial charge is 0.389 e. The van der Waals surface area contributed by atoms with E-state index in [0.29, 0.717) is 11.3 Å². The third kappa shape index (κ3) is 2.66. The maximum absolute atomic E-state index is 12.5. The third-order valence-corrected chi connectivity index (χ3v) is 4.97. The molecule has 3 rings (SSSR count). The van der Waals surface area contributed by atoms with Crippen LogP contribution in [-0.2, 0) is 25.0 Å². The lowest BCUT2D eigenvalue weighted by Gasteiger charge is -2.33. The summed E-state index contributed by atoms with van der Waals surface area (Å²) in [5.74, 6) is -0.738. The van der Waals surface area contributed by atoms with Crippen LogP contribution < -0.4 is 0 Å². The van der Waals surface area contributed by atoms with Crippen molar-refractivity contribution < 1.29 is 23.5 Å². The molecule has 2 saturated heterocycles. The Hall–Kier alpha value is -0.790. The third-order valence-electron chi connectivity index (χ3n) is 3.38. The fraction of sp³-hybridized carbons (Fsp3) is 0.571. The molecule has 0 spiro atoms. The van der Waals surface area contributed by atoms with Crippen LogP contribution in [0.2, 0.25) is 0 Å². The molecule has 5 atom stereocenters. The van der Waals surface area contributed by atoms with E-state index in [1.54, 1.807) is 26.0 Å². The molecule has 2 fully saturated rings. The topological polar surface area (TPSA) is 65.0 Å². The number of hydrogen-bond acceptors (Lipinski definition) is 5. The number of ether oxygens (including phenoxy) is 3. The molecular weight excluding hydrogens is 280 g/mol. The summed E-state index contributed by atoms with van der Waals surface area (Å²) in [6, 6.07) is 8.99. The second-order valence-electron chi connectivity index (χ2n) is 5.46. The number of hydrogen-bond donors (Lipinski definition) is 1. The average molecular weight is 298 g/mol. The van der Waals surface area contributed by atoms with Crippen LogP contribution in [0.4, 0.5) is 0 Å². The number of benzene rings is 1. The zero-order valence-electron chi connectivity index (χ0n) is 11.4. The second kappa shape index (κ2) is 5.20. The summed E-state index contributed by atoms with van der Waals surface area (Å²) in [7, 11) is -1.44. The first-order valence-corrected chi connectivity index (χ1v) is 7.82. The van der Waals surface area contributed by atoms with E-state index in [4.69, 9.17) is 14.2 Å². The molecule has 2 aliphatic rings. The predicted octanol–water partition coefficient (Wildman–Crippen LogP) is 1.38. The number of rotatable bonds is 2. The molecule has 0 aromatic heterocycles. The molecule has 6 heteroatoms. The molecule has 1 aromatic carbocycles. The lowest BCUT2D eigenvalue weighted by atomic mass is 10.1. The Bertz CT molecular complexity index is 504. The van der Waals surface area contributed by atoms with Gasteiger partial charge >= 0.3 is 0 Å². The van der Waals surface area contributed by atoms with Gasteiger partial charge in [0.05, 0.1) is 16.9 Å². The summed E-state index contributed by atoms with van der Waals surface area (Å²) in [6.45, 7) is 3.59. The highest BCUT2D eigenvalue weighted by Gasteiger charge is 2.50. The van der Waals surface area contributed by atoms with E-state index in [1.165, 1.54) is 0 Å². The van der Waals surface area contributed by atoms with Crippen LogP contribution in [-0.4, -0.2) is 39.0 Å². The fourth-order valence-corrected chi connectivity index (χ4v) is 3.83. The number of aliphatic hydroxyl groups excluding tert-OH is 1. The quantitative estimate of drug-likeness (QED) is 0.893. The van der Waals surface area contributed by atoms with Crippen LogP contribution in [0.1, 0.15) is 20.3 Å². The van der Waals surface area contributed by atoms with Crippen molar-refractivity contribution >= 4 is 10.8 Å². The van der Waals surface area contributed by atoms with Crippen LogP contribution in [0.15, 0.2) is 35.2 Å². The lowest BCUT2D eigenvalue weighted by molar-refractivity contribution is -0.209. The Kier molecular flexibility index (Phi) is 3.68. The van der Waals surface area contributed by atoms with E-state index >= 15 is 0 Å². The molecule has 5 nitrogen and oxygen atoms in total. The van der Waals surface area contributed by atoms with Gasteiger partial charge in [0.2, 0.25) is 0 Å². The average Bonchev–Trinajstić information content (AvgIpc) is 2.71. The predicted molar refractivity (Wildman–Crippen MR) is 72.2 cm³/mol. The van der Waals surface area contributed by atoms with E-state index in [1.807, 2.05) is 18.2 Å². The molecular formula is C14H18O5S. The summed E-state index contributed by atoms with van der Waals surface area (Å²) >= 11 is 0. The highest BCUT2D eigenvalue weighted by atomic mass is 32.2. The Balaban J connectivity index is 1.77. The molecule has 1 aromatic rings. The van der Waals surface area contributed by atoms with Gasteiger partial charge in [-0.1, -0.05) is 18.2 Å². The van der Waals surface area contributed by atoms with Crippen molar-refractivity contribution in [3.05, 3.63) is 30.3 Å². The van der Waals surface area contributed by atoms with Gasteiger partial charge in [-0.3, -0.25) is 4.21 Å². The summed E-state index contributed by atoms with van der Waals surface area (Å²) in [6.07, 6.45) is -1.37. The molecule has 20 heavy (non-hydrogen) atoms. The summed E-state index contributed by atoms with van der Waals surface area (Å²) in [5, 5.41) is 10.2. The molecule has 2 aliphatic heterocycles. The monoisotopic (exact) mass is 298 g/mol. The minimum Gasteiger partial charge on any atom is -0.389 e. The van der Waals surface area contributed by atoms with Crippen molar-refractivity contribution in [3.8, 4) is 0 Å².